The lowest BCUT2D eigenvalue weighted by Crippen LogP contribution is -2.46. The molecule has 0 spiro atoms. The van der Waals surface area contributed by atoms with Gasteiger partial charge in [-0.25, -0.2) is 0 Å². The SMILES string of the molecule is CCCCNC(=O)CN1CCCCC1CCN. The molecule has 1 aliphatic heterocycles. The van der Waals surface area contributed by atoms with Crippen molar-refractivity contribution in [1.29, 1.82) is 0 Å². The van der Waals surface area contributed by atoms with Crippen LogP contribution in [-0.4, -0.2) is 43.0 Å². The third-order valence-corrected chi connectivity index (χ3v) is 3.45. The molecule has 1 rings (SSSR count). The molecule has 0 bridgehead atoms. The Morgan fingerprint density at radius 3 is 3.00 bits per heavy atom. The molecule has 1 fully saturated rings. The standard InChI is InChI=1S/C13H27N3O/c1-2-3-9-15-13(17)11-16-10-5-4-6-12(16)7-8-14/h12H,2-11,14H2,1H3,(H,15,17). The number of hydrogen-bond donors (Lipinski definition) is 2. The lowest BCUT2D eigenvalue weighted by atomic mass is 9.99. The average molecular weight is 241 g/mol. The van der Waals surface area contributed by atoms with Crippen LogP contribution < -0.4 is 11.1 Å². The van der Waals surface area contributed by atoms with Crippen molar-refractivity contribution in [1.82, 2.24) is 10.2 Å². The summed E-state index contributed by atoms with van der Waals surface area (Å²) in [5.41, 5.74) is 5.62. The summed E-state index contributed by atoms with van der Waals surface area (Å²) in [6.45, 7) is 5.26. The number of nitrogens with zero attached hydrogens (tertiary/aromatic N) is 1. The topological polar surface area (TPSA) is 58.4 Å². The number of rotatable bonds is 7. The smallest absolute Gasteiger partial charge is 0.234 e. The van der Waals surface area contributed by atoms with Crippen molar-refractivity contribution in [3.8, 4) is 0 Å². The predicted octanol–water partition coefficient (Wildman–Crippen LogP) is 1.11. The Bertz CT molecular complexity index is 219. The van der Waals surface area contributed by atoms with Gasteiger partial charge in [0.05, 0.1) is 6.54 Å². The summed E-state index contributed by atoms with van der Waals surface area (Å²) in [6.07, 6.45) is 6.89. The molecule has 17 heavy (non-hydrogen) atoms. The molecule has 1 atom stereocenters. The zero-order valence-corrected chi connectivity index (χ0v) is 11.1. The molecule has 0 aromatic carbocycles. The maximum absolute atomic E-state index is 11.8. The van der Waals surface area contributed by atoms with Crippen LogP contribution in [0.4, 0.5) is 0 Å². The molecule has 4 heteroatoms. The van der Waals surface area contributed by atoms with Crippen LogP contribution in [0.25, 0.3) is 0 Å². The van der Waals surface area contributed by atoms with Gasteiger partial charge in [0, 0.05) is 12.6 Å². The van der Waals surface area contributed by atoms with Crippen molar-refractivity contribution in [3.05, 3.63) is 0 Å². The second-order valence-corrected chi connectivity index (χ2v) is 4.90. The van der Waals surface area contributed by atoms with Crippen LogP contribution in [-0.2, 0) is 4.79 Å². The Kier molecular flexibility index (Phi) is 7.21. The minimum atomic E-state index is 0.169. The minimum Gasteiger partial charge on any atom is -0.355 e. The Morgan fingerprint density at radius 2 is 2.29 bits per heavy atom. The fourth-order valence-electron chi connectivity index (χ4n) is 2.43. The summed E-state index contributed by atoms with van der Waals surface area (Å²) in [6, 6.07) is 0.519. The van der Waals surface area contributed by atoms with Gasteiger partial charge in [-0.1, -0.05) is 19.8 Å². The Hall–Kier alpha value is -0.610. The van der Waals surface area contributed by atoms with Crippen molar-refractivity contribution < 1.29 is 4.79 Å². The Balaban J connectivity index is 2.28. The first-order valence-electron chi connectivity index (χ1n) is 6.98. The number of carbonyl (C=O) groups excluding carboxylic acids is 1. The van der Waals surface area contributed by atoms with Crippen LogP contribution in [0, 0.1) is 0 Å². The molecule has 1 unspecified atom stereocenters. The fourth-order valence-corrected chi connectivity index (χ4v) is 2.43. The highest BCUT2D eigenvalue weighted by Crippen LogP contribution is 2.18. The third kappa shape index (κ3) is 5.50. The van der Waals surface area contributed by atoms with Crippen molar-refractivity contribution >= 4 is 5.91 Å². The lowest BCUT2D eigenvalue weighted by molar-refractivity contribution is -0.123. The van der Waals surface area contributed by atoms with E-state index in [4.69, 9.17) is 5.73 Å². The Labute approximate surface area is 105 Å². The number of piperidine rings is 1. The predicted molar refractivity (Wildman–Crippen MR) is 70.8 cm³/mol. The molecule has 3 N–H and O–H groups in total. The van der Waals surface area contributed by atoms with E-state index in [1.807, 2.05) is 0 Å². The van der Waals surface area contributed by atoms with E-state index in [2.05, 4.69) is 17.1 Å². The molecule has 0 saturated carbocycles. The molecule has 1 saturated heterocycles. The maximum atomic E-state index is 11.8. The second kappa shape index (κ2) is 8.48. The molecule has 1 aliphatic rings. The summed E-state index contributed by atoms with van der Waals surface area (Å²) in [7, 11) is 0. The summed E-state index contributed by atoms with van der Waals surface area (Å²) in [5.74, 6) is 0.169. The van der Waals surface area contributed by atoms with E-state index in [-0.39, 0.29) is 5.91 Å². The number of likely N-dealkylation sites (tertiary alicyclic amines) is 1. The quantitative estimate of drug-likeness (QED) is 0.656. The number of unbranched alkanes of at least 4 members (excludes halogenated alkanes) is 1. The van der Waals surface area contributed by atoms with Gasteiger partial charge >= 0.3 is 0 Å². The van der Waals surface area contributed by atoms with Gasteiger partial charge in [-0.15, -0.1) is 0 Å². The third-order valence-electron chi connectivity index (χ3n) is 3.45. The lowest BCUT2D eigenvalue weighted by Gasteiger charge is -2.35. The molecule has 1 amide bonds. The molecule has 4 nitrogen and oxygen atoms in total. The van der Waals surface area contributed by atoms with Gasteiger partial charge in [0.1, 0.15) is 0 Å². The van der Waals surface area contributed by atoms with Crippen LogP contribution in [0.15, 0.2) is 0 Å². The summed E-state index contributed by atoms with van der Waals surface area (Å²) in [4.78, 5) is 14.1. The molecule has 0 aromatic heterocycles. The van der Waals surface area contributed by atoms with E-state index >= 15 is 0 Å². The van der Waals surface area contributed by atoms with Gasteiger partial charge in [0.25, 0.3) is 0 Å². The normalized spacial score (nSPS) is 21.4. The van der Waals surface area contributed by atoms with Crippen molar-refractivity contribution in [3.63, 3.8) is 0 Å². The van der Waals surface area contributed by atoms with Gasteiger partial charge < -0.3 is 11.1 Å². The zero-order chi connectivity index (χ0) is 12.5. The largest absolute Gasteiger partial charge is 0.355 e. The van der Waals surface area contributed by atoms with Crippen LogP contribution >= 0.6 is 0 Å². The van der Waals surface area contributed by atoms with Crippen LogP contribution in [0.2, 0.25) is 0 Å². The Morgan fingerprint density at radius 1 is 1.47 bits per heavy atom. The molecule has 0 aliphatic carbocycles. The zero-order valence-electron chi connectivity index (χ0n) is 11.1. The van der Waals surface area contributed by atoms with Crippen molar-refractivity contribution in [2.75, 3.05) is 26.2 Å². The first kappa shape index (κ1) is 14.5. The highest BCUT2D eigenvalue weighted by atomic mass is 16.2. The molecule has 0 radical (unpaired) electrons. The number of hydrogen-bond acceptors (Lipinski definition) is 3. The van der Waals surface area contributed by atoms with Gasteiger partial charge in [-0.3, -0.25) is 9.69 Å². The number of amides is 1. The van der Waals surface area contributed by atoms with Gasteiger partial charge in [-0.05, 0) is 38.8 Å². The molecule has 100 valence electrons. The van der Waals surface area contributed by atoms with Crippen LogP contribution in [0.3, 0.4) is 0 Å². The summed E-state index contributed by atoms with van der Waals surface area (Å²) >= 11 is 0. The number of nitrogens with one attached hydrogen (secondary N) is 1. The van der Waals surface area contributed by atoms with Crippen molar-refractivity contribution in [2.45, 2.75) is 51.5 Å². The van der Waals surface area contributed by atoms with E-state index in [9.17, 15) is 4.79 Å². The van der Waals surface area contributed by atoms with E-state index in [1.54, 1.807) is 0 Å². The second-order valence-electron chi connectivity index (χ2n) is 4.90. The number of carbonyl (C=O) groups is 1. The first-order chi connectivity index (χ1) is 8.27. The molecular formula is C13H27N3O. The van der Waals surface area contributed by atoms with Gasteiger partial charge in [0.2, 0.25) is 5.91 Å². The van der Waals surface area contributed by atoms with E-state index in [0.29, 0.717) is 12.6 Å². The van der Waals surface area contributed by atoms with Crippen molar-refractivity contribution in [2.24, 2.45) is 5.73 Å². The molecular weight excluding hydrogens is 214 g/mol. The van der Waals surface area contributed by atoms with Crippen LogP contribution in [0.5, 0.6) is 0 Å². The maximum Gasteiger partial charge on any atom is 0.234 e. The van der Waals surface area contributed by atoms with E-state index < -0.39 is 0 Å². The van der Waals surface area contributed by atoms with Gasteiger partial charge in [0.15, 0.2) is 0 Å². The van der Waals surface area contributed by atoms with Gasteiger partial charge in [-0.2, -0.15) is 0 Å². The number of nitrogens with two attached hydrogens (primary N) is 1. The van der Waals surface area contributed by atoms with E-state index in [1.165, 1.54) is 19.3 Å². The highest BCUT2D eigenvalue weighted by molar-refractivity contribution is 5.78. The first-order valence-corrected chi connectivity index (χ1v) is 6.98. The minimum absolute atomic E-state index is 0.169. The monoisotopic (exact) mass is 241 g/mol. The fraction of sp³-hybridized carbons (Fsp3) is 0.923. The highest BCUT2D eigenvalue weighted by Gasteiger charge is 2.23. The summed E-state index contributed by atoms with van der Waals surface area (Å²) < 4.78 is 0. The van der Waals surface area contributed by atoms with E-state index in [0.717, 1.165) is 38.9 Å². The van der Waals surface area contributed by atoms with Crippen LogP contribution in [0.1, 0.15) is 45.4 Å². The molecule has 0 aromatic rings. The molecule has 1 heterocycles. The summed E-state index contributed by atoms with van der Waals surface area (Å²) in [5, 5.41) is 2.98. The average Bonchev–Trinajstić information content (AvgIpc) is 2.32.